The predicted octanol–water partition coefficient (Wildman–Crippen LogP) is 1.74. The molecule has 144 valence electrons. The molecule has 1 aromatic rings. The summed E-state index contributed by atoms with van der Waals surface area (Å²) < 4.78 is 5.46. The van der Waals surface area contributed by atoms with Crippen molar-refractivity contribution in [3.05, 3.63) is 24.3 Å². The number of urea groups is 1. The van der Waals surface area contributed by atoms with Crippen molar-refractivity contribution in [3.8, 4) is 0 Å². The second-order valence-electron chi connectivity index (χ2n) is 6.98. The van der Waals surface area contributed by atoms with E-state index in [1.807, 2.05) is 30.3 Å². The van der Waals surface area contributed by atoms with E-state index in [2.05, 4.69) is 22.8 Å². The van der Waals surface area contributed by atoms with Gasteiger partial charge in [0, 0.05) is 52.5 Å². The molecular formula is C19H31N5O2. The second-order valence-corrected chi connectivity index (χ2v) is 6.98. The van der Waals surface area contributed by atoms with E-state index in [9.17, 15) is 4.79 Å². The van der Waals surface area contributed by atoms with Crippen LogP contribution < -0.4 is 15.6 Å². The highest BCUT2D eigenvalue weighted by molar-refractivity contribution is 5.93. The molecule has 2 aliphatic rings. The molecule has 7 heteroatoms. The first-order chi connectivity index (χ1) is 12.6. The van der Waals surface area contributed by atoms with Gasteiger partial charge in [-0.3, -0.25) is 0 Å². The van der Waals surface area contributed by atoms with Crippen molar-refractivity contribution in [2.45, 2.75) is 25.8 Å². The number of piperazine rings is 1. The molecule has 0 aliphatic carbocycles. The first-order valence-electron chi connectivity index (χ1n) is 9.58. The van der Waals surface area contributed by atoms with Crippen molar-refractivity contribution < 1.29 is 9.53 Å². The number of hydrogen-bond acceptors (Lipinski definition) is 5. The van der Waals surface area contributed by atoms with Crippen molar-refractivity contribution in [2.75, 3.05) is 62.9 Å². The summed E-state index contributed by atoms with van der Waals surface area (Å²) in [5, 5.41) is 3.63. The van der Waals surface area contributed by atoms with Crippen LogP contribution in [0.5, 0.6) is 0 Å². The SMILES string of the molecule is CCN1CCN(c2ccccc2N(C(N)=O)N(C)C2CCOCC2)CC1. The summed E-state index contributed by atoms with van der Waals surface area (Å²) in [7, 11) is 1.95. The number of primary amides is 1. The van der Waals surface area contributed by atoms with Gasteiger partial charge < -0.3 is 20.3 Å². The molecule has 0 atom stereocenters. The van der Waals surface area contributed by atoms with Gasteiger partial charge in [0.05, 0.1) is 11.4 Å². The highest BCUT2D eigenvalue weighted by Gasteiger charge is 2.29. The summed E-state index contributed by atoms with van der Waals surface area (Å²) in [6, 6.07) is 7.88. The van der Waals surface area contributed by atoms with E-state index in [-0.39, 0.29) is 6.04 Å². The normalized spacial score (nSPS) is 19.7. The molecule has 2 heterocycles. The Labute approximate surface area is 156 Å². The van der Waals surface area contributed by atoms with Crippen LogP contribution in [-0.4, -0.2) is 75.0 Å². The first kappa shape index (κ1) is 18.9. The fourth-order valence-electron chi connectivity index (χ4n) is 3.88. The summed E-state index contributed by atoms with van der Waals surface area (Å²) in [4.78, 5) is 17.2. The number of nitrogens with zero attached hydrogens (tertiary/aromatic N) is 4. The monoisotopic (exact) mass is 361 g/mol. The number of ether oxygens (including phenoxy) is 1. The lowest BCUT2D eigenvalue weighted by molar-refractivity contribution is 0.0420. The average molecular weight is 361 g/mol. The predicted molar refractivity (Wildman–Crippen MR) is 104 cm³/mol. The second kappa shape index (κ2) is 8.70. The van der Waals surface area contributed by atoms with Gasteiger partial charge in [-0.2, -0.15) is 0 Å². The highest BCUT2D eigenvalue weighted by atomic mass is 16.5. The number of likely N-dealkylation sites (N-methyl/N-ethyl adjacent to an activating group) is 1. The molecule has 3 rings (SSSR count). The number of para-hydroxylation sites is 2. The Balaban J connectivity index is 1.84. The van der Waals surface area contributed by atoms with Crippen molar-refractivity contribution in [1.82, 2.24) is 9.91 Å². The fraction of sp³-hybridized carbons (Fsp3) is 0.632. The van der Waals surface area contributed by atoms with Crippen molar-refractivity contribution >= 4 is 17.4 Å². The maximum Gasteiger partial charge on any atom is 0.334 e. The molecule has 0 unspecified atom stereocenters. The Morgan fingerprint density at radius 1 is 1.19 bits per heavy atom. The van der Waals surface area contributed by atoms with Gasteiger partial charge in [-0.15, -0.1) is 0 Å². The smallest absolute Gasteiger partial charge is 0.334 e. The van der Waals surface area contributed by atoms with E-state index >= 15 is 0 Å². The Bertz CT molecular complexity index is 597. The van der Waals surface area contributed by atoms with E-state index in [0.29, 0.717) is 0 Å². The maximum absolute atomic E-state index is 12.4. The quantitative estimate of drug-likeness (QED) is 0.810. The van der Waals surface area contributed by atoms with Crippen LogP contribution in [0.25, 0.3) is 0 Å². The summed E-state index contributed by atoms with van der Waals surface area (Å²) in [5.41, 5.74) is 7.74. The average Bonchev–Trinajstić information content (AvgIpc) is 2.69. The van der Waals surface area contributed by atoms with E-state index < -0.39 is 6.03 Å². The zero-order chi connectivity index (χ0) is 18.5. The van der Waals surface area contributed by atoms with Gasteiger partial charge >= 0.3 is 6.03 Å². The molecule has 2 fully saturated rings. The number of carbonyl (C=O) groups is 1. The highest BCUT2D eigenvalue weighted by Crippen LogP contribution is 2.32. The van der Waals surface area contributed by atoms with Gasteiger partial charge in [-0.25, -0.2) is 14.8 Å². The van der Waals surface area contributed by atoms with Crippen LogP contribution in [0.4, 0.5) is 16.2 Å². The Kier molecular flexibility index (Phi) is 6.34. The zero-order valence-electron chi connectivity index (χ0n) is 15.9. The molecular weight excluding hydrogens is 330 g/mol. The van der Waals surface area contributed by atoms with Crippen LogP contribution in [0.3, 0.4) is 0 Å². The van der Waals surface area contributed by atoms with Gasteiger partial charge in [-0.05, 0) is 31.5 Å². The van der Waals surface area contributed by atoms with Crippen molar-refractivity contribution in [2.24, 2.45) is 5.73 Å². The first-order valence-corrected chi connectivity index (χ1v) is 9.58. The number of nitrogens with two attached hydrogens (primary N) is 1. The molecule has 2 aliphatic heterocycles. The Morgan fingerprint density at radius 2 is 1.85 bits per heavy atom. The topological polar surface area (TPSA) is 65.3 Å². The molecule has 2 amide bonds. The summed E-state index contributed by atoms with van der Waals surface area (Å²) in [6.45, 7) is 8.71. The number of hydrogen-bond donors (Lipinski definition) is 1. The minimum Gasteiger partial charge on any atom is -0.381 e. The molecule has 0 saturated carbocycles. The van der Waals surface area contributed by atoms with Crippen LogP contribution in [0, 0.1) is 0 Å². The summed E-state index contributed by atoms with van der Waals surface area (Å²) >= 11 is 0. The van der Waals surface area contributed by atoms with Crippen LogP contribution in [0.2, 0.25) is 0 Å². The van der Waals surface area contributed by atoms with Crippen LogP contribution in [-0.2, 0) is 4.74 Å². The lowest BCUT2D eigenvalue weighted by Gasteiger charge is -2.41. The number of rotatable bonds is 5. The maximum atomic E-state index is 12.4. The summed E-state index contributed by atoms with van der Waals surface area (Å²) in [5.74, 6) is 0. The van der Waals surface area contributed by atoms with Crippen LogP contribution in [0.15, 0.2) is 24.3 Å². The summed E-state index contributed by atoms with van der Waals surface area (Å²) in [6.07, 6.45) is 1.80. The Hall–Kier alpha value is -1.83. The standard InChI is InChI=1S/C19H31N5O2/c1-3-22-10-12-23(13-11-22)17-6-4-5-7-18(17)24(19(20)25)21(2)16-8-14-26-15-9-16/h4-7,16H,3,8-15H2,1-2H3,(H2,20,25). The zero-order valence-corrected chi connectivity index (χ0v) is 15.9. The van der Waals surface area contributed by atoms with Gasteiger partial charge in [0.25, 0.3) is 0 Å². The molecule has 7 nitrogen and oxygen atoms in total. The number of benzene rings is 1. The van der Waals surface area contributed by atoms with Crippen molar-refractivity contribution in [1.29, 1.82) is 0 Å². The molecule has 1 aromatic carbocycles. The molecule has 0 radical (unpaired) electrons. The number of amides is 2. The lowest BCUT2D eigenvalue weighted by atomic mass is 10.1. The number of anilines is 2. The van der Waals surface area contributed by atoms with Crippen LogP contribution >= 0.6 is 0 Å². The van der Waals surface area contributed by atoms with Gasteiger partial charge in [0.1, 0.15) is 0 Å². The molecule has 0 bridgehead atoms. The molecule has 2 N–H and O–H groups in total. The number of carbonyl (C=O) groups excluding carboxylic acids is 1. The lowest BCUT2D eigenvalue weighted by Crippen LogP contribution is -2.54. The molecule has 0 spiro atoms. The third-order valence-electron chi connectivity index (χ3n) is 5.51. The third kappa shape index (κ3) is 4.11. The Morgan fingerprint density at radius 3 is 2.46 bits per heavy atom. The molecule has 2 saturated heterocycles. The van der Waals surface area contributed by atoms with E-state index in [0.717, 1.165) is 70.2 Å². The minimum absolute atomic E-state index is 0.251. The van der Waals surface area contributed by atoms with E-state index in [1.165, 1.54) is 0 Å². The fourth-order valence-corrected chi connectivity index (χ4v) is 3.88. The van der Waals surface area contributed by atoms with Gasteiger partial charge in [0.15, 0.2) is 0 Å². The van der Waals surface area contributed by atoms with Crippen molar-refractivity contribution in [3.63, 3.8) is 0 Å². The van der Waals surface area contributed by atoms with Gasteiger partial charge in [0.2, 0.25) is 0 Å². The molecule has 26 heavy (non-hydrogen) atoms. The number of hydrazine groups is 1. The largest absolute Gasteiger partial charge is 0.381 e. The van der Waals surface area contributed by atoms with E-state index in [4.69, 9.17) is 10.5 Å². The van der Waals surface area contributed by atoms with Crippen LogP contribution in [0.1, 0.15) is 19.8 Å². The van der Waals surface area contributed by atoms with E-state index in [1.54, 1.807) is 5.01 Å². The van der Waals surface area contributed by atoms with Gasteiger partial charge in [-0.1, -0.05) is 19.1 Å². The minimum atomic E-state index is -0.446. The molecule has 0 aromatic heterocycles. The third-order valence-corrected chi connectivity index (χ3v) is 5.51.